The van der Waals surface area contributed by atoms with Crippen LogP contribution in [0.25, 0.3) is 6.08 Å². The largest absolute Gasteiger partial charge is 0.428 e. The van der Waals surface area contributed by atoms with Crippen molar-refractivity contribution in [3.8, 4) is 0 Å². The molecule has 0 N–H and O–H groups in total. The van der Waals surface area contributed by atoms with Crippen molar-refractivity contribution in [2.75, 3.05) is 0 Å². The molecule has 1 aromatic rings. The van der Waals surface area contributed by atoms with Crippen LogP contribution in [0.4, 0.5) is 0 Å². The Hall–Kier alpha value is -1.83. The van der Waals surface area contributed by atoms with Crippen LogP contribution in [-0.2, 0) is 4.74 Å². The van der Waals surface area contributed by atoms with Crippen LogP contribution in [-0.4, -0.2) is 5.97 Å². The first-order chi connectivity index (χ1) is 8.17. The molecule has 0 bridgehead atoms. The molecule has 17 heavy (non-hydrogen) atoms. The standard InChI is InChI=1S/C15H18O2/c1-4-6-7-12(3)17-15(16)14-10-8-13(5-2)9-11-14/h5,8-11H,2-4,6-7H2,1H3. The Morgan fingerprint density at radius 2 is 2.00 bits per heavy atom. The lowest BCUT2D eigenvalue weighted by molar-refractivity contribution is 0.0615. The lowest BCUT2D eigenvalue weighted by Gasteiger charge is -2.06. The predicted molar refractivity (Wildman–Crippen MR) is 70.6 cm³/mol. The zero-order valence-electron chi connectivity index (χ0n) is 10.2. The third-order valence-electron chi connectivity index (χ3n) is 2.43. The summed E-state index contributed by atoms with van der Waals surface area (Å²) in [5.74, 6) is 0.186. The summed E-state index contributed by atoms with van der Waals surface area (Å²) in [5.41, 5.74) is 1.51. The Balaban J connectivity index is 2.57. The first-order valence-corrected chi connectivity index (χ1v) is 5.79. The van der Waals surface area contributed by atoms with E-state index in [1.165, 1.54) is 0 Å². The Morgan fingerprint density at radius 3 is 2.53 bits per heavy atom. The fraction of sp³-hybridized carbons (Fsp3) is 0.267. The third kappa shape index (κ3) is 4.27. The van der Waals surface area contributed by atoms with Gasteiger partial charge in [-0.15, -0.1) is 0 Å². The molecule has 2 heteroatoms. The van der Waals surface area contributed by atoms with Crippen LogP contribution in [0.2, 0.25) is 0 Å². The van der Waals surface area contributed by atoms with E-state index < -0.39 is 0 Å². The van der Waals surface area contributed by atoms with Crippen LogP contribution in [0.15, 0.2) is 43.2 Å². The van der Waals surface area contributed by atoms with Crippen LogP contribution in [0, 0.1) is 0 Å². The zero-order valence-corrected chi connectivity index (χ0v) is 10.2. The highest BCUT2D eigenvalue weighted by atomic mass is 16.5. The molecule has 0 heterocycles. The molecule has 0 aliphatic heterocycles. The Morgan fingerprint density at radius 1 is 1.35 bits per heavy atom. The van der Waals surface area contributed by atoms with E-state index in [1.807, 2.05) is 12.1 Å². The predicted octanol–water partition coefficient (Wildman–Crippen LogP) is 4.19. The van der Waals surface area contributed by atoms with Gasteiger partial charge in [-0.25, -0.2) is 4.79 Å². The van der Waals surface area contributed by atoms with Crippen LogP contribution >= 0.6 is 0 Å². The van der Waals surface area contributed by atoms with Crippen molar-refractivity contribution in [2.24, 2.45) is 0 Å². The fourth-order valence-electron chi connectivity index (χ4n) is 1.37. The Kier molecular flexibility index (Phi) is 5.21. The first-order valence-electron chi connectivity index (χ1n) is 5.79. The van der Waals surface area contributed by atoms with Gasteiger partial charge in [-0.05, 0) is 24.1 Å². The zero-order chi connectivity index (χ0) is 12.7. The van der Waals surface area contributed by atoms with E-state index in [0.717, 1.165) is 24.8 Å². The maximum atomic E-state index is 11.7. The van der Waals surface area contributed by atoms with Crippen LogP contribution in [0.1, 0.15) is 42.1 Å². The van der Waals surface area contributed by atoms with Gasteiger partial charge in [-0.1, -0.05) is 44.7 Å². The number of carbonyl (C=O) groups excluding carboxylic acids is 1. The van der Waals surface area contributed by atoms with Gasteiger partial charge in [0.05, 0.1) is 5.56 Å². The SMILES string of the molecule is C=Cc1ccc(C(=O)OC(=C)CCCC)cc1. The monoisotopic (exact) mass is 230 g/mol. The van der Waals surface area contributed by atoms with Crippen molar-refractivity contribution in [2.45, 2.75) is 26.2 Å². The van der Waals surface area contributed by atoms with Gasteiger partial charge in [0, 0.05) is 6.42 Å². The van der Waals surface area contributed by atoms with Crippen molar-refractivity contribution >= 4 is 12.0 Å². The number of hydrogen-bond acceptors (Lipinski definition) is 2. The van der Waals surface area contributed by atoms with Gasteiger partial charge in [0.1, 0.15) is 5.76 Å². The van der Waals surface area contributed by atoms with Crippen molar-refractivity contribution < 1.29 is 9.53 Å². The normalized spacial score (nSPS) is 9.71. The maximum Gasteiger partial charge on any atom is 0.343 e. The summed E-state index contributed by atoms with van der Waals surface area (Å²) in [4.78, 5) is 11.7. The van der Waals surface area contributed by atoms with Gasteiger partial charge >= 0.3 is 5.97 Å². The van der Waals surface area contributed by atoms with E-state index in [1.54, 1.807) is 18.2 Å². The van der Waals surface area contributed by atoms with E-state index in [-0.39, 0.29) is 5.97 Å². The Labute approximate surface area is 103 Å². The second kappa shape index (κ2) is 6.69. The molecule has 0 unspecified atom stereocenters. The number of ether oxygens (including phenoxy) is 1. The summed E-state index contributed by atoms with van der Waals surface area (Å²) in [5, 5.41) is 0. The molecular formula is C15H18O2. The molecule has 90 valence electrons. The van der Waals surface area contributed by atoms with Crippen molar-refractivity contribution in [3.05, 3.63) is 54.3 Å². The molecule has 0 aromatic heterocycles. The number of benzene rings is 1. The number of carbonyl (C=O) groups is 1. The average molecular weight is 230 g/mol. The molecule has 0 radical (unpaired) electrons. The quantitative estimate of drug-likeness (QED) is 0.541. The summed E-state index contributed by atoms with van der Waals surface area (Å²) in [6.07, 6.45) is 4.51. The molecule has 0 saturated heterocycles. The average Bonchev–Trinajstić information content (AvgIpc) is 2.36. The molecule has 0 aliphatic carbocycles. The van der Waals surface area contributed by atoms with Gasteiger partial charge < -0.3 is 4.74 Å². The first kappa shape index (κ1) is 13.2. The summed E-state index contributed by atoms with van der Waals surface area (Å²) in [6.45, 7) is 9.48. The minimum absolute atomic E-state index is 0.346. The van der Waals surface area contributed by atoms with Crippen molar-refractivity contribution in [1.82, 2.24) is 0 Å². The van der Waals surface area contributed by atoms with E-state index in [4.69, 9.17) is 4.74 Å². The van der Waals surface area contributed by atoms with Crippen LogP contribution < -0.4 is 0 Å². The number of hydrogen-bond donors (Lipinski definition) is 0. The molecule has 0 fully saturated rings. The van der Waals surface area contributed by atoms with Gasteiger partial charge in [-0.3, -0.25) is 0 Å². The van der Waals surface area contributed by atoms with E-state index in [0.29, 0.717) is 11.3 Å². The highest BCUT2D eigenvalue weighted by molar-refractivity contribution is 5.90. The summed E-state index contributed by atoms with van der Waals surface area (Å²) in [6, 6.07) is 7.12. The summed E-state index contributed by atoms with van der Waals surface area (Å²) >= 11 is 0. The molecule has 0 atom stereocenters. The number of allylic oxidation sites excluding steroid dienone is 1. The molecule has 0 spiro atoms. The minimum Gasteiger partial charge on any atom is -0.428 e. The van der Waals surface area contributed by atoms with Gasteiger partial charge in [0.2, 0.25) is 0 Å². The summed E-state index contributed by atoms with van der Waals surface area (Å²) < 4.78 is 5.15. The number of esters is 1. The van der Waals surface area contributed by atoms with Crippen LogP contribution in [0.3, 0.4) is 0 Å². The lowest BCUT2D eigenvalue weighted by Crippen LogP contribution is -2.04. The minimum atomic E-state index is -0.346. The smallest absolute Gasteiger partial charge is 0.343 e. The summed E-state index contributed by atoms with van der Waals surface area (Å²) in [7, 11) is 0. The molecule has 0 amide bonds. The van der Waals surface area contributed by atoms with E-state index in [9.17, 15) is 4.79 Å². The molecule has 1 rings (SSSR count). The lowest BCUT2D eigenvalue weighted by atomic mass is 10.1. The molecule has 2 nitrogen and oxygen atoms in total. The molecule has 1 aromatic carbocycles. The van der Waals surface area contributed by atoms with Crippen molar-refractivity contribution in [3.63, 3.8) is 0 Å². The van der Waals surface area contributed by atoms with E-state index in [2.05, 4.69) is 20.1 Å². The number of rotatable bonds is 6. The van der Waals surface area contributed by atoms with Gasteiger partial charge in [0.15, 0.2) is 0 Å². The molecular weight excluding hydrogens is 212 g/mol. The Bertz CT molecular complexity index is 401. The highest BCUT2D eigenvalue weighted by Gasteiger charge is 2.08. The van der Waals surface area contributed by atoms with E-state index >= 15 is 0 Å². The fourth-order valence-corrected chi connectivity index (χ4v) is 1.37. The molecule has 0 aliphatic rings. The molecule has 0 saturated carbocycles. The second-order valence-corrected chi connectivity index (χ2v) is 3.86. The van der Waals surface area contributed by atoms with Gasteiger partial charge in [0.25, 0.3) is 0 Å². The highest BCUT2D eigenvalue weighted by Crippen LogP contribution is 2.12. The number of unbranched alkanes of at least 4 members (excludes halogenated alkanes) is 1. The second-order valence-electron chi connectivity index (χ2n) is 3.86. The topological polar surface area (TPSA) is 26.3 Å². The van der Waals surface area contributed by atoms with Crippen molar-refractivity contribution in [1.29, 1.82) is 0 Å². The van der Waals surface area contributed by atoms with Gasteiger partial charge in [-0.2, -0.15) is 0 Å². The maximum absolute atomic E-state index is 11.7. The van der Waals surface area contributed by atoms with Crippen LogP contribution in [0.5, 0.6) is 0 Å². The third-order valence-corrected chi connectivity index (χ3v) is 2.43.